The molecule has 18 heavy (non-hydrogen) atoms. The summed E-state index contributed by atoms with van der Waals surface area (Å²) in [6.45, 7) is 3.24. The molecule has 0 aliphatic carbocycles. The maximum absolute atomic E-state index is 11.7. The summed E-state index contributed by atoms with van der Waals surface area (Å²) in [5.41, 5.74) is 0.208. The number of carbonyl (C=O) groups is 2. The Morgan fingerprint density at radius 2 is 2.39 bits per heavy atom. The molecule has 1 saturated heterocycles. The Hall–Kier alpha value is -1.96. The highest BCUT2D eigenvalue weighted by molar-refractivity contribution is 5.92. The summed E-state index contributed by atoms with van der Waals surface area (Å²) in [6.07, 6.45) is 1.58. The fraction of sp³-hybridized carbons (Fsp3) is 0.600. The van der Waals surface area contributed by atoms with Crippen molar-refractivity contribution in [1.82, 2.24) is 25.6 Å². The van der Waals surface area contributed by atoms with Crippen LogP contribution >= 0.6 is 0 Å². The fourth-order valence-corrected chi connectivity index (χ4v) is 1.44. The average molecular weight is 253 g/mol. The second-order valence-electron chi connectivity index (χ2n) is 4.35. The maximum atomic E-state index is 11.7. The number of nitrogens with zero attached hydrogens (tertiary/aromatic N) is 3. The van der Waals surface area contributed by atoms with Gasteiger partial charge in [-0.15, -0.1) is 5.10 Å². The van der Waals surface area contributed by atoms with Crippen molar-refractivity contribution in [3.05, 3.63) is 11.9 Å². The van der Waals surface area contributed by atoms with Gasteiger partial charge in [0.25, 0.3) is 5.91 Å². The molecule has 1 aromatic heterocycles. The van der Waals surface area contributed by atoms with Crippen LogP contribution in [-0.2, 0) is 4.79 Å². The molecule has 1 aromatic rings. The number of aromatic nitrogens is 3. The van der Waals surface area contributed by atoms with Crippen LogP contribution in [0.3, 0.4) is 0 Å². The minimum atomic E-state index is -0.945. The zero-order valence-electron chi connectivity index (χ0n) is 9.96. The monoisotopic (exact) mass is 253 g/mol. The zero-order chi connectivity index (χ0) is 13.1. The first-order chi connectivity index (χ1) is 8.58. The van der Waals surface area contributed by atoms with E-state index < -0.39 is 17.8 Å². The second-order valence-corrected chi connectivity index (χ2v) is 4.35. The van der Waals surface area contributed by atoms with Gasteiger partial charge in [-0.2, -0.15) is 0 Å². The van der Waals surface area contributed by atoms with Gasteiger partial charge in [-0.25, -0.2) is 4.68 Å². The van der Waals surface area contributed by atoms with E-state index in [0.717, 1.165) is 13.1 Å². The highest BCUT2D eigenvalue weighted by Gasteiger charge is 2.22. The summed E-state index contributed by atoms with van der Waals surface area (Å²) in [5, 5.41) is 21.9. The number of hydrogen-bond donors (Lipinski definition) is 3. The summed E-state index contributed by atoms with van der Waals surface area (Å²) >= 11 is 0. The number of amides is 1. The van der Waals surface area contributed by atoms with Crippen molar-refractivity contribution in [2.45, 2.75) is 13.0 Å². The molecule has 8 nitrogen and oxygen atoms in total. The predicted molar refractivity (Wildman–Crippen MR) is 61.1 cm³/mol. The largest absolute Gasteiger partial charge is 0.481 e. The van der Waals surface area contributed by atoms with Crippen LogP contribution < -0.4 is 10.6 Å². The van der Waals surface area contributed by atoms with E-state index in [-0.39, 0.29) is 18.3 Å². The lowest BCUT2D eigenvalue weighted by atomic mass is 10.2. The normalized spacial score (nSPS) is 16.9. The van der Waals surface area contributed by atoms with Gasteiger partial charge in [0.15, 0.2) is 5.69 Å². The van der Waals surface area contributed by atoms with Crippen LogP contribution in [0.5, 0.6) is 0 Å². The molecule has 1 unspecified atom stereocenters. The van der Waals surface area contributed by atoms with Crippen molar-refractivity contribution < 1.29 is 14.7 Å². The first-order valence-corrected chi connectivity index (χ1v) is 5.71. The third-order valence-corrected chi connectivity index (χ3v) is 2.87. The number of aliphatic carboxylic acids is 1. The van der Waals surface area contributed by atoms with E-state index in [0.29, 0.717) is 0 Å². The molecule has 0 spiro atoms. The topological polar surface area (TPSA) is 109 Å². The first-order valence-electron chi connectivity index (χ1n) is 5.71. The minimum absolute atomic E-state index is 0.0754. The standard InChI is InChI=1S/C10H15N5O3/c1-6(10(17)18)2-12-9(16)8-5-15(14-13-8)7-3-11-4-7/h5-7,11H,2-4H2,1H3,(H,12,16)(H,17,18). The van der Waals surface area contributed by atoms with Crippen LogP contribution in [0, 0.1) is 5.92 Å². The van der Waals surface area contributed by atoms with Gasteiger partial charge in [-0.1, -0.05) is 12.1 Å². The van der Waals surface area contributed by atoms with Crippen LogP contribution in [0.2, 0.25) is 0 Å². The van der Waals surface area contributed by atoms with Crippen molar-refractivity contribution >= 4 is 11.9 Å². The molecule has 1 atom stereocenters. The lowest BCUT2D eigenvalue weighted by molar-refractivity contribution is -0.140. The van der Waals surface area contributed by atoms with Gasteiger partial charge in [0.1, 0.15) is 0 Å². The number of carboxylic acids is 1. The van der Waals surface area contributed by atoms with E-state index in [9.17, 15) is 9.59 Å². The second kappa shape index (κ2) is 5.13. The van der Waals surface area contributed by atoms with Crippen LogP contribution in [0.25, 0.3) is 0 Å². The molecular weight excluding hydrogens is 238 g/mol. The fourth-order valence-electron chi connectivity index (χ4n) is 1.44. The van der Waals surface area contributed by atoms with Gasteiger partial charge >= 0.3 is 5.97 Å². The third kappa shape index (κ3) is 2.65. The molecule has 0 aromatic carbocycles. The van der Waals surface area contributed by atoms with E-state index in [1.807, 2.05) is 0 Å². The Kier molecular flexibility index (Phi) is 3.56. The van der Waals surface area contributed by atoms with Gasteiger partial charge in [0, 0.05) is 19.6 Å². The van der Waals surface area contributed by atoms with Crippen LogP contribution in [-0.4, -0.2) is 51.6 Å². The van der Waals surface area contributed by atoms with Gasteiger partial charge < -0.3 is 15.7 Å². The van der Waals surface area contributed by atoms with E-state index in [4.69, 9.17) is 5.11 Å². The minimum Gasteiger partial charge on any atom is -0.481 e. The molecule has 1 aliphatic rings. The summed E-state index contributed by atoms with van der Waals surface area (Å²) < 4.78 is 1.64. The summed E-state index contributed by atoms with van der Waals surface area (Å²) in [4.78, 5) is 22.3. The van der Waals surface area contributed by atoms with Crippen molar-refractivity contribution in [3.8, 4) is 0 Å². The van der Waals surface area contributed by atoms with Crippen LogP contribution in [0.1, 0.15) is 23.5 Å². The first kappa shape index (κ1) is 12.5. The number of nitrogens with one attached hydrogen (secondary N) is 2. The van der Waals surface area contributed by atoms with Crippen molar-refractivity contribution in [1.29, 1.82) is 0 Å². The van der Waals surface area contributed by atoms with Crippen LogP contribution in [0.15, 0.2) is 6.20 Å². The molecule has 3 N–H and O–H groups in total. The quantitative estimate of drug-likeness (QED) is 0.613. The van der Waals surface area contributed by atoms with E-state index >= 15 is 0 Å². The van der Waals surface area contributed by atoms with Crippen molar-refractivity contribution in [2.75, 3.05) is 19.6 Å². The Morgan fingerprint density at radius 3 is 2.94 bits per heavy atom. The molecule has 0 saturated carbocycles. The number of carboxylic acid groups (broad SMARTS) is 1. The van der Waals surface area contributed by atoms with E-state index in [2.05, 4.69) is 20.9 Å². The van der Waals surface area contributed by atoms with Gasteiger partial charge in [0.2, 0.25) is 0 Å². The number of hydrogen-bond acceptors (Lipinski definition) is 5. The molecule has 1 amide bonds. The molecule has 0 bridgehead atoms. The molecule has 1 fully saturated rings. The Bertz CT molecular complexity index is 454. The predicted octanol–water partition coefficient (Wildman–Crippen LogP) is -1.13. The molecule has 2 heterocycles. The van der Waals surface area contributed by atoms with Gasteiger partial charge in [-0.3, -0.25) is 9.59 Å². The number of rotatable bonds is 5. The molecule has 98 valence electrons. The summed E-state index contributed by atoms with van der Waals surface area (Å²) in [7, 11) is 0. The van der Waals surface area contributed by atoms with E-state index in [1.54, 1.807) is 10.9 Å². The molecule has 0 radical (unpaired) electrons. The van der Waals surface area contributed by atoms with Crippen molar-refractivity contribution in [2.24, 2.45) is 5.92 Å². The highest BCUT2D eigenvalue weighted by atomic mass is 16.4. The van der Waals surface area contributed by atoms with Crippen LogP contribution in [0.4, 0.5) is 0 Å². The van der Waals surface area contributed by atoms with E-state index in [1.165, 1.54) is 6.92 Å². The maximum Gasteiger partial charge on any atom is 0.308 e. The summed E-state index contributed by atoms with van der Waals surface area (Å²) in [6, 6.07) is 0.247. The van der Waals surface area contributed by atoms with Gasteiger partial charge in [-0.05, 0) is 0 Å². The molecule has 2 rings (SSSR count). The highest BCUT2D eigenvalue weighted by Crippen LogP contribution is 2.09. The van der Waals surface area contributed by atoms with Gasteiger partial charge in [0.05, 0.1) is 18.2 Å². The molecular formula is C10H15N5O3. The SMILES string of the molecule is CC(CNC(=O)c1cn(C2CNC2)nn1)C(=O)O. The number of carbonyl (C=O) groups excluding carboxylic acids is 1. The lowest BCUT2D eigenvalue weighted by Gasteiger charge is -2.26. The molecule has 1 aliphatic heterocycles. The third-order valence-electron chi connectivity index (χ3n) is 2.87. The molecule has 8 heteroatoms. The Labute approximate surface area is 103 Å². The zero-order valence-corrected chi connectivity index (χ0v) is 9.96. The lowest BCUT2D eigenvalue weighted by Crippen LogP contribution is -2.43. The Morgan fingerprint density at radius 1 is 1.67 bits per heavy atom. The van der Waals surface area contributed by atoms with Crippen molar-refractivity contribution in [3.63, 3.8) is 0 Å². The smallest absolute Gasteiger partial charge is 0.308 e. The Balaban J connectivity index is 1.88. The average Bonchev–Trinajstić information content (AvgIpc) is 2.72. The summed E-state index contributed by atoms with van der Waals surface area (Å²) in [5.74, 6) is -1.97.